The molecule has 0 saturated carbocycles. The molecule has 1 aromatic heterocycles. The van der Waals surface area contributed by atoms with E-state index >= 15 is 0 Å². The smallest absolute Gasteiger partial charge is 0.248 e. The van der Waals surface area contributed by atoms with Gasteiger partial charge in [-0.05, 0) is 29.8 Å². The molecule has 0 radical (unpaired) electrons. The van der Waals surface area contributed by atoms with E-state index in [0.717, 1.165) is 11.4 Å². The molecule has 2 N–H and O–H groups in total. The van der Waals surface area contributed by atoms with Crippen LogP contribution in [-0.2, 0) is 6.54 Å². The minimum Gasteiger partial charge on any atom is -0.366 e. The Morgan fingerprint density at radius 2 is 2.00 bits per heavy atom. The summed E-state index contributed by atoms with van der Waals surface area (Å²) in [6.45, 7) is 0.651. The number of nitrogens with two attached hydrogens (primary N) is 1. The van der Waals surface area contributed by atoms with Gasteiger partial charge in [-0.15, -0.1) is 0 Å². The standard InChI is InChI=1S/C15H14N4O/c1-19(14-7-4-12(8-16)9-18-14)10-11-2-5-13(6-3-11)15(17)20/h2-7,9H,10H2,1H3,(H2,17,20). The number of rotatable bonds is 4. The van der Waals surface area contributed by atoms with Crippen molar-refractivity contribution < 1.29 is 4.79 Å². The average molecular weight is 266 g/mol. The summed E-state index contributed by atoms with van der Waals surface area (Å²) in [6.07, 6.45) is 1.54. The van der Waals surface area contributed by atoms with Crippen molar-refractivity contribution in [2.24, 2.45) is 5.73 Å². The second-order valence-corrected chi connectivity index (χ2v) is 4.43. The Labute approximate surface area is 117 Å². The highest BCUT2D eigenvalue weighted by Crippen LogP contribution is 2.13. The quantitative estimate of drug-likeness (QED) is 0.912. The van der Waals surface area contributed by atoms with Crippen molar-refractivity contribution in [2.45, 2.75) is 6.54 Å². The summed E-state index contributed by atoms with van der Waals surface area (Å²) in [5.41, 5.74) is 7.27. The van der Waals surface area contributed by atoms with Gasteiger partial charge in [0.2, 0.25) is 5.91 Å². The van der Waals surface area contributed by atoms with E-state index in [4.69, 9.17) is 11.0 Å². The van der Waals surface area contributed by atoms with E-state index in [1.54, 1.807) is 30.5 Å². The largest absolute Gasteiger partial charge is 0.366 e. The number of amides is 1. The molecule has 0 fully saturated rings. The van der Waals surface area contributed by atoms with Crippen LogP contribution >= 0.6 is 0 Å². The van der Waals surface area contributed by atoms with Crippen LogP contribution in [0.5, 0.6) is 0 Å². The first-order chi connectivity index (χ1) is 9.60. The number of carbonyl (C=O) groups is 1. The maximum Gasteiger partial charge on any atom is 0.248 e. The number of carbonyl (C=O) groups excluding carboxylic acids is 1. The summed E-state index contributed by atoms with van der Waals surface area (Å²) in [4.78, 5) is 17.2. The van der Waals surface area contributed by atoms with Gasteiger partial charge in [-0.25, -0.2) is 4.98 Å². The van der Waals surface area contributed by atoms with E-state index in [0.29, 0.717) is 17.7 Å². The lowest BCUT2D eigenvalue weighted by molar-refractivity contribution is 0.100. The van der Waals surface area contributed by atoms with E-state index in [-0.39, 0.29) is 0 Å². The number of nitriles is 1. The maximum atomic E-state index is 11.0. The number of primary amides is 1. The fourth-order valence-electron chi connectivity index (χ4n) is 1.81. The van der Waals surface area contributed by atoms with E-state index in [1.165, 1.54) is 0 Å². The molecule has 0 aliphatic rings. The van der Waals surface area contributed by atoms with Crippen molar-refractivity contribution in [3.63, 3.8) is 0 Å². The third-order valence-corrected chi connectivity index (χ3v) is 2.93. The van der Waals surface area contributed by atoms with Gasteiger partial charge < -0.3 is 10.6 Å². The summed E-state index contributed by atoms with van der Waals surface area (Å²) in [5.74, 6) is 0.349. The Kier molecular flexibility index (Phi) is 3.96. The number of aromatic nitrogens is 1. The fourth-order valence-corrected chi connectivity index (χ4v) is 1.81. The molecule has 20 heavy (non-hydrogen) atoms. The zero-order chi connectivity index (χ0) is 14.5. The van der Waals surface area contributed by atoms with E-state index in [2.05, 4.69) is 4.98 Å². The topological polar surface area (TPSA) is 83.0 Å². The van der Waals surface area contributed by atoms with Crippen LogP contribution in [0.3, 0.4) is 0 Å². The second-order valence-electron chi connectivity index (χ2n) is 4.43. The Morgan fingerprint density at radius 3 is 2.50 bits per heavy atom. The van der Waals surface area contributed by atoms with Crippen LogP contribution in [0.25, 0.3) is 0 Å². The lowest BCUT2D eigenvalue weighted by Gasteiger charge is -2.18. The molecule has 1 aromatic carbocycles. The SMILES string of the molecule is CN(Cc1ccc(C(N)=O)cc1)c1ccc(C#N)cn1. The fraction of sp³-hybridized carbons (Fsp3) is 0.133. The van der Waals surface area contributed by atoms with Crippen molar-refractivity contribution in [3.8, 4) is 6.07 Å². The highest BCUT2D eigenvalue weighted by molar-refractivity contribution is 5.92. The van der Waals surface area contributed by atoms with Gasteiger partial charge in [-0.2, -0.15) is 5.26 Å². The van der Waals surface area contributed by atoms with Gasteiger partial charge >= 0.3 is 0 Å². The predicted molar refractivity (Wildman–Crippen MR) is 76.0 cm³/mol. The lowest BCUT2D eigenvalue weighted by Crippen LogP contribution is -2.18. The van der Waals surface area contributed by atoms with Crippen LogP contribution in [0.2, 0.25) is 0 Å². The van der Waals surface area contributed by atoms with E-state index in [1.807, 2.05) is 30.1 Å². The normalized spacial score (nSPS) is 9.80. The average Bonchev–Trinajstić information content (AvgIpc) is 2.48. The molecule has 0 aliphatic carbocycles. The van der Waals surface area contributed by atoms with Gasteiger partial charge in [-0.1, -0.05) is 12.1 Å². The number of pyridine rings is 1. The van der Waals surface area contributed by atoms with Crippen LogP contribution in [0.15, 0.2) is 42.6 Å². The van der Waals surface area contributed by atoms with Crippen LogP contribution in [-0.4, -0.2) is 17.9 Å². The first kappa shape index (κ1) is 13.6. The third kappa shape index (κ3) is 3.12. The van der Waals surface area contributed by atoms with Crippen molar-refractivity contribution in [2.75, 3.05) is 11.9 Å². The number of nitrogens with zero attached hydrogens (tertiary/aromatic N) is 3. The van der Waals surface area contributed by atoms with E-state index < -0.39 is 5.91 Å². The molecule has 0 spiro atoms. The number of benzene rings is 1. The molecular weight excluding hydrogens is 252 g/mol. The molecule has 0 unspecified atom stereocenters. The van der Waals surface area contributed by atoms with Crippen molar-refractivity contribution in [3.05, 3.63) is 59.3 Å². The van der Waals surface area contributed by atoms with Gasteiger partial charge in [0.15, 0.2) is 0 Å². The summed E-state index contributed by atoms with van der Waals surface area (Å²) >= 11 is 0. The monoisotopic (exact) mass is 266 g/mol. The zero-order valence-corrected chi connectivity index (χ0v) is 11.1. The summed E-state index contributed by atoms with van der Waals surface area (Å²) < 4.78 is 0. The first-order valence-corrected chi connectivity index (χ1v) is 6.06. The lowest BCUT2D eigenvalue weighted by atomic mass is 10.1. The van der Waals surface area contributed by atoms with Gasteiger partial charge in [0.05, 0.1) is 5.56 Å². The minimum atomic E-state index is -0.432. The van der Waals surface area contributed by atoms with Crippen molar-refractivity contribution in [1.29, 1.82) is 5.26 Å². The zero-order valence-electron chi connectivity index (χ0n) is 11.1. The molecule has 1 heterocycles. The Balaban J connectivity index is 2.08. The molecule has 0 atom stereocenters. The highest BCUT2D eigenvalue weighted by Gasteiger charge is 2.05. The van der Waals surface area contributed by atoms with Gasteiger partial charge in [0.1, 0.15) is 11.9 Å². The van der Waals surface area contributed by atoms with Crippen LogP contribution in [0.4, 0.5) is 5.82 Å². The van der Waals surface area contributed by atoms with Crippen molar-refractivity contribution >= 4 is 11.7 Å². The maximum absolute atomic E-state index is 11.0. The molecule has 2 rings (SSSR count). The Hall–Kier alpha value is -2.87. The number of anilines is 1. The molecule has 0 saturated heterocycles. The molecule has 5 heteroatoms. The van der Waals surface area contributed by atoms with Gasteiger partial charge in [0, 0.05) is 25.4 Å². The third-order valence-electron chi connectivity index (χ3n) is 2.93. The first-order valence-electron chi connectivity index (χ1n) is 6.06. The minimum absolute atomic E-state index is 0.432. The van der Waals surface area contributed by atoms with Crippen LogP contribution < -0.4 is 10.6 Å². The number of hydrogen-bond donors (Lipinski definition) is 1. The summed E-state index contributed by atoms with van der Waals surface area (Å²) in [5, 5.41) is 8.73. The second kappa shape index (κ2) is 5.85. The molecular formula is C15H14N4O. The summed E-state index contributed by atoms with van der Waals surface area (Å²) in [6, 6.07) is 12.7. The van der Waals surface area contributed by atoms with Gasteiger partial charge in [-0.3, -0.25) is 4.79 Å². The molecule has 2 aromatic rings. The predicted octanol–water partition coefficient (Wildman–Crippen LogP) is 1.69. The Morgan fingerprint density at radius 1 is 1.30 bits per heavy atom. The molecule has 100 valence electrons. The molecule has 1 amide bonds. The Bertz CT molecular complexity index is 641. The molecule has 0 aliphatic heterocycles. The van der Waals surface area contributed by atoms with Gasteiger partial charge in [0.25, 0.3) is 0 Å². The number of hydrogen-bond acceptors (Lipinski definition) is 4. The van der Waals surface area contributed by atoms with Crippen molar-refractivity contribution in [1.82, 2.24) is 4.98 Å². The van der Waals surface area contributed by atoms with Crippen LogP contribution in [0.1, 0.15) is 21.5 Å². The van der Waals surface area contributed by atoms with Crippen LogP contribution in [0, 0.1) is 11.3 Å². The summed E-state index contributed by atoms with van der Waals surface area (Å²) in [7, 11) is 1.91. The molecule has 0 bridgehead atoms. The van der Waals surface area contributed by atoms with E-state index in [9.17, 15) is 4.79 Å². The highest BCUT2D eigenvalue weighted by atomic mass is 16.1. The molecule has 5 nitrogen and oxygen atoms in total.